The molecule has 1 aromatic rings. The molecule has 15 heavy (non-hydrogen) atoms. The van der Waals surface area contributed by atoms with Gasteiger partial charge < -0.3 is 4.79 Å². The summed E-state index contributed by atoms with van der Waals surface area (Å²) in [5.41, 5.74) is 3.95. The molecular weight excluding hydrogens is 184 g/mol. The zero-order valence-electron chi connectivity index (χ0n) is 9.71. The second-order valence-corrected chi connectivity index (χ2v) is 5.31. The summed E-state index contributed by atoms with van der Waals surface area (Å²) >= 11 is 0. The Morgan fingerprint density at radius 1 is 1.27 bits per heavy atom. The molecule has 80 valence electrons. The van der Waals surface area contributed by atoms with Gasteiger partial charge in [0, 0.05) is 5.41 Å². The zero-order valence-corrected chi connectivity index (χ0v) is 9.71. The minimum atomic E-state index is -0.155. The maximum atomic E-state index is 11.0. The number of benzene rings is 1. The average Bonchev–Trinajstić information content (AvgIpc) is 2.53. The van der Waals surface area contributed by atoms with Crippen LogP contribution in [0.2, 0.25) is 0 Å². The van der Waals surface area contributed by atoms with Gasteiger partial charge in [-0.15, -0.1) is 0 Å². The number of rotatable bonds is 2. The quantitative estimate of drug-likeness (QED) is 0.673. The van der Waals surface area contributed by atoms with Crippen LogP contribution < -0.4 is 0 Å². The summed E-state index contributed by atoms with van der Waals surface area (Å²) in [6, 6.07) is 6.66. The Morgan fingerprint density at radius 2 is 1.93 bits per heavy atom. The molecule has 0 aromatic heterocycles. The largest absolute Gasteiger partial charge is 0.303 e. The van der Waals surface area contributed by atoms with Crippen LogP contribution in [0.1, 0.15) is 43.4 Å². The van der Waals surface area contributed by atoms with Crippen molar-refractivity contribution < 1.29 is 4.79 Å². The molecular formula is C14H18O. The van der Waals surface area contributed by atoms with Gasteiger partial charge in [-0.1, -0.05) is 39.0 Å². The van der Waals surface area contributed by atoms with E-state index in [1.807, 2.05) is 0 Å². The van der Waals surface area contributed by atoms with Gasteiger partial charge in [0.25, 0.3) is 0 Å². The van der Waals surface area contributed by atoms with Gasteiger partial charge in [-0.05, 0) is 35.4 Å². The van der Waals surface area contributed by atoms with Crippen molar-refractivity contribution >= 4 is 6.29 Å². The third kappa shape index (κ3) is 1.83. The molecule has 1 aliphatic carbocycles. The fourth-order valence-electron chi connectivity index (χ4n) is 2.36. The van der Waals surface area contributed by atoms with E-state index in [-0.39, 0.29) is 5.41 Å². The van der Waals surface area contributed by atoms with Crippen molar-refractivity contribution in [3.8, 4) is 0 Å². The van der Waals surface area contributed by atoms with Crippen molar-refractivity contribution in [2.45, 2.75) is 39.5 Å². The highest BCUT2D eigenvalue weighted by Crippen LogP contribution is 2.36. The first-order chi connectivity index (χ1) is 7.04. The smallest absolute Gasteiger partial charge is 0.126 e. The first-order valence-corrected chi connectivity index (χ1v) is 5.62. The van der Waals surface area contributed by atoms with Crippen molar-refractivity contribution in [2.75, 3.05) is 0 Å². The van der Waals surface area contributed by atoms with Gasteiger partial charge in [0.2, 0.25) is 0 Å². The van der Waals surface area contributed by atoms with Crippen LogP contribution in [-0.2, 0) is 17.6 Å². The molecule has 1 aliphatic rings. The summed E-state index contributed by atoms with van der Waals surface area (Å²) in [4.78, 5) is 11.0. The van der Waals surface area contributed by atoms with Gasteiger partial charge in [0.05, 0.1) is 0 Å². The molecule has 1 nitrogen and oxygen atoms in total. The van der Waals surface area contributed by atoms with Gasteiger partial charge in [0.15, 0.2) is 0 Å². The molecule has 2 rings (SSSR count). The Morgan fingerprint density at radius 3 is 2.53 bits per heavy atom. The molecule has 0 radical (unpaired) electrons. The van der Waals surface area contributed by atoms with Gasteiger partial charge in [0.1, 0.15) is 6.29 Å². The third-order valence-corrected chi connectivity index (χ3v) is 3.37. The monoisotopic (exact) mass is 202 g/mol. The minimum Gasteiger partial charge on any atom is -0.303 e. The second kappa shape index (κ2) is 3.48. The van der Waals surface area contributed by atoms with Crippen LogP contribution in [0.3, 0.4) is 0 Å². The van der Waals surface area contributed by atoms with Crippen LogP contribution in [0.5, 0.6) is 0 Å². The van der Waals surface area contributed by atoms with Gasteiger partial charge >= 0.3 is 0 Å². The average molecular weight is 202 g/mol. The van der Waals surface area contributed by atoms with Crippen LogP contribution in [-0.4, -0.2) is 6.29 Å². The summed E-state index contributed by atoms with van der Waals surface area (Å²) in [6.07, 6.45) is 2.93. The molecule has 1 atom stereocenters. The number of carbonyl (C=O) groups is 1. The highest BCUT2D eigenvalue weighted by Gasteiger charge is 2.32. The van der Waals surface area contributed by atoms with E-state index in [1.165, 1.54) is 16.7 Å². The Bertz CT molecular complexity index is 392. The molecule has 0 heterocycles. The number of carbonyl (C=O) groups excluding carboxylic acids is 1. The summed E-state index contributed by atoms with van der Waals surface area (Å²) < 4.78 is 0. The molecule has 0 N–H and O–H groups in total. The summed E-state index contributed by atoms with van der Waals surface area (Å²) in [5, 5.41) is 0. The van der Waals surface area contributed by atoms with Gasteiger partial charge in [-0.25, -0.2) is 0 Å². The molecule has 1 heteroatoms. The predicted octanol–water partition coefficient (Wildman–Crippen LogP) is 3.11. The van der Waals surface area contributed by atoms with Crippen LogP contribution in [0.15, 0.2) is 18.2 Å². The number of hydrogen-bond donors (Lipinski definition) is 0. The lowest BCUT2D eigenvalue weighted by atomic mass is 9.89. The third-order valence-electron chi connectivity index (χ3n) is 3.37. The fraction of sp³-hybridized carbons (Fsp3) is 0.500. The SMILES string of the molecule is CC(C)c1ccc2c(c1)C[C@@](C)(C=O)C2. The van der Waals surface area contributed by atoms with Crippen LogP contribution in [0, 0.1) is 5.41 Å². The van der Waals surface area contributed by atoms with E-state index in [2.05, 4.69) is 39.0 Å². The maximum absolute atomic E-state index is 11.0. The molecule has 0 spiro atoms. The Balaban J connectivity index is 2.35. The van der Waals surface area contributed by atoms with E-state index >= 15 is 0 Å². The normalized spacial score (nSPS) is 24.3. The van der Waals surface area contributed by atoms with E-state index in [9.17, 15) is 4.79 Å². The summed E-state index contributed by atoms with van der Waals surface area (Å²) in [6.45, 7) is 6.46. The van der Waals surface area contributed by atoms with E-state index < -0.39 is 0 Å². The van der Waals surface area contributed by atoms with Crippen LogP contribution in [0.4, 0.5) is 0 Å². The summed E-state index contributed by atoms with van der Waals surface area (Å²) in [5.74, 6) is 0.568. The van der Waals surface area contributed by atoms with E-state index in [0.717, 1.165) is 19.1 Å². The number of fused-ring (bicyclic) bond motifs is 1. The molecule has 0 saturated heterocycles. The highest BCUT2D eigenvalue weighted by atomic mass is 16.1. The van der Waals surface area contributed by atoms with Crippen molar-refractivity contribution in [1.29, 1.82) is 0 Å². The van der Waals surface area contributed by atoms with E-state index in [1.54, 1.807) is 0 Å². The van der Waals surface area contributed by atoms with Crippen molar-refractivity contribution in [1.82, 2.24) is 0 Å². The predicted molar refractivity (Wildman–Crippen MR) is 62.1 cm³/mol. The lowest BCUT2D eigenvalue weighted by Crippen LogP contribution is -2.17. The van der Waals surface area contributed by atoms with Crippen molar-refractivity contribution in [3.05, 3.63) is 34.9 Å². The Hall–Kier alpha value is -1.11. The summed E-state index contributed by atoms with van der Waals surface area (Å²) in [7, 11) is 0. The molecule has 0 aliphatic heterocycles. The molecule has 0 saturated carbocycles. The molecule has 0 unspecified atom stereocenters. The first-order valence-electron chi connectivity index (χ1n) is 5.62. The Kier molecular flexibility index (Phi) is 2.41. The second-order valence-electron chi connectivity index (χ2n) is 5.31. The van der Waals surface area contributed by atoms with Gasteiger partial charge in [-0.2, -0.15) is 0 Å². The topological polar surface area (TPSA) is 17.1 Å². The van der Waals surface area contributed by atoms with E-state index in [4.69, 9.17) is 0 Å². The molecule has 0 amide bonds. The maximum Gasteiger partial charge on any atom is 0.126 e. The van der Waals surface area contributed by atoms with Gasteiger partial charge in [-0.3, -0.25) is 0 Å². The molecule has 0 bridgehead atoms. The molecule has 1 aromatic carbocycles. The fourth-order valence-corrected chi connectivity index (χ4v) is 2.36. The van der Waals surface area contributed by atoms with Crippen LogP contribution in [0.25, 0.3) is 0 Å². The van der Waals surface area contributed by atoms with Crippen LogP contribution >= 0.6 is 0 Å². The van der Waals surface area contributed by atoms with E-state index in [0.29, 0.717) is 5.92 Å². The number of aldehydes is 1. The molecule has 0 fully saturated rings. The lowest BCUT2D eigenvalue weighted by Gasteiger charge is -2.12. The standard InChI is InChI=1S/C14H18O/c1-10(2)11-4-5-12-7-14(3,9-15)8-13(12)6-11/h4-6,9-10H,7-8H2,1-3H3/t14-/m0/s1. The Labute approximate surface area is 91.5 Å². The minimum absolute atomic E-state index is 0.155. The first kappa shape index (κ1) is 10.4. The number of hydrogen-bond acceptors (Lipinski definition) is 1. The lowest BCUT2D eigenvalue weighted by molar-refractivity contribution is -0.115. The highest BCUT2D eigenvalue weighted by molar-refractivity contribution is 5.63. The zero-order chi connectivity index (χ0) is 11.1. The van der Waals surface area contributed by atoms with Crippen molar-refractivity contribution in [2.24, 2.45) is 5.41 Å². The van der Waals surface area contributed by atoms with Crippen molar-refractivity contribution in [3.63, 3.8) is 0 Å².